The zero-order valence-corrected chi connectivity index (χ0v) is 19.7. The second-order valence-corrected chi connectivity index (χ2v) is 7.88. The predicted molar refractivity (Wildman–Crippen MR) is 130 cm³/mol. The molecule has 2 aromatic heterocycles. The van der Waals surface area contributed by atoms with E-state index in [4.69, 9.17) is 19.3 Å². The smallest absolute Gasteiger partial charge is 0.256 e. The number of nitrogens with zero attached hydrogens (tertiary/aromatic N) is 4. The van der Waals surface area contributed by atoms with Crippen LogP contribution in [0.15, 0.2) is 42.6 Å². The molecular weight excluding hydrogens is 464 g/mol. The predicted octanol–water partition coefficient (Wildman–Crippen LogP) is 2.44. The van der Waals surface area contributed by atoms with E-state index >= 15 is 0 Å². The van der Waals surface area contributed by atoms with E-state index in [2.05, 4.69) is 31.7 Å². The van der Waals surface area contributed by atoms with E-state index in [1.807, 2.05) is 6.07 Å². The molecule has 11 heteroatoms. The third kappa shape index (κ3) is 6.04. The molecule has 1 aliphatic rings. The molecule has 0 radical (unpaired) electrons. The van der Waals surface area contributed by atoms with E-state index in [1.165, 1.54) is 7.11 Å². The monoisotopic (exact) mass is 490 g/mol. The maximum absolute atomic E-state index is 12.2. The second kappa shape index (κ2) is 11.9. The molecule has 1 amide bonds. The number of aliphatic hydroxyl groups excluding tert-OH is 1. The van der Waals surface area contributed by atoms with E-state index in [0.29, 0.717) is 36.0 Å². The van der Waals surface area contributed by atoms with Gasteiger partial charge in [0.05, 0.1) is 38.2 Å². The molecule has 1 aliphatic heterocycles. The Labute approximate surface area is 208 Å². The Balaban J connectivity index is 1.51. The normalized spacial score (nSPS) is 13.5. The number of aromatic nitrogens is 3. The first kappa shape index (κ1) is 24.8. The largest absolute Gasteiger partial charge is 0.489 e. The van der Waals surface area contributed by atoms with Gasteiger partial charge in [0.1, 0.15) is 29.3 Å². The van der Waals surface area contributed by atoms with E-state index < -0.39 is 5.91 Å². The van der Waals surface area contributed by atoms with Crippen LogP contribution in [0.5, 0.6) is 11.6 Å². The van der Waals surface area contributed by atoms with Gasteiger partial charge in [-0.05, 0) is 36.4 Å². The molecule has 0 spiro atoms. The molecule has 0 unspecified atom stereocenters. The SMILES string of the molecule is COc1nc(Nc2nccc(-c3ccc(OC4CCOCC4)c(C#N)c3)n2)ccc1C(=O)NCCO. The van der Waals surface area contributed by atoms with Gasteiger partial charge >= 0.3 is 0 Å². The number of pyridine rings is 1. The van der Waals surface area contributed by atoms with Crippen LogP contribution < -0.4 is 20.1 Å². The summed E-state index contributed by atoms with van der Waals surface area (Å²) in [6, 6.07) is 12.5. The van der Waals surface area contributed by atoms with Crippen LogP contribution in [-0.2, 0) is 4.74 Å². The minimum atomic E-state index is -0.407. The zero-order chi connectivity index (χ0) is 25.3. The molecule has 11 nitrogen and oxygen atoms in total. The van der Waals surface area contributed by atoms with Crippen molar-refractivity contribution in [3.63, 3.8) is 0 Å². The molecule has 0 aliphatic carbocycles. The Morgan fingerprint density at radius 2 is 2.06 bits per heavy atom. The lowest BCUT2D eigenvalue weighted by molar-refractivity contribution is 0.0254. The highest BCUT2D eigenvalue weighted by molar-refractivity contribution is 5.96. The first-order valence-corrected chi connectivity index (χ1v) is 11.4. The number of methoxy groups -OCH3 is 1. The Hall–Kier alpha value is -4.27. The van der Waals surface area contributed by atoms with Crippen molar-refractivity contribution in [1.29, 1.82) is 5.26 Å². The van der Waals surface area contributed by atoms with Gasteiger partial charge in [-0.3, -0.25) is 4.79 Å². The fourth-order valence-corrected chi connectivity index (χ4v) is 3.65. The molecule has 1 fully saturated rings. The molecule has 3 heterocycles. The van der Waals surface area contributed by atoms with Gasteiger partial charge in [0.15, 0.2) is 0 Å². The number of anilines is 2. The summed E-state index contributed by atoms with van der Waals surface area (Å²) in [7, 11) is 1.41. The molecule has 36 heavy (non-hydrogen) atoms. The van der Waals surface area contributed by atoms with Crippen molar-refractivity contribution in [3.05, 3.63) is 53.7 Å². The van der Waals surface area contributed by atoms with Crippen LogP contribution >= 0.6 is 0 Å². The summed E-state index contributed by atoms with van der Waals surface area (Å²) in [5, 5.41) is 24.1. The van der Waals surface area contributed by atoms with E-state index in [9.17, 15) is 10.1 Å². The van der Waals surface area contributed by atoms with E-state index in [1.54, 1.807) is 36.5 Å². The minimum absolute atomic E-state index is 0.0307. The number of carbonyl (C=O) groups excluding carboxylic acids is 1. The number of carbonyl (C=O) groups is 1. The van der Waals surface area contributed by atoms with Crippen molar-refractivity contribution < 1.29 is 24.1 Å². The average Bonchev–Trinajstić information content (AvgIpc) is 2.92. The van der Waals surface area contributed by atoms with Gasteiger partial charge in [0, 0.05) is 31.1 Å². The van der Waals surface area contributed by atoms with Crippen LogP contribution in [0.4, 0.5) is 11.8 Å². The number of nitrogens with one attached hydrogen (secondary N) is 2. The molecule has 0 bridgehead atoms. The van der Waals surface area contributed by atoms with Gasteiger partial charge in [-0.25, -0.2) is 9.97 Å². The van der Waals surface area contributed by atoms with Crippen LogP contribution in [0.2, 0.25) is 0 Å². The molecule has 1 aromatic carbocycles. The molecule has 0 atom stereocenters. The fraction of sp³-hybridized carbons (Fsp3) is 0.320. The Morgan fingerprint density at radius 3 is 2.81 bits per heavy atom. The number of aliphatic hydroxyl groups is 1. The molecule has 3 aromatic rings. The topological polar surface area (TPSA) is 152 Å². The summed E-state index contributed by atoms with van der Waals surface area (Å²) in [6.45, 7) is 1.26. The Bertz CT molecular complexity index is 1260. The lowest BCUT2D eigenvalue weighted by Crippen LogP contribution is -2.27. The summed E-state index contributed by atoms with van der Waals surface area (Å²) in [4.78, 5) is 25.3. The van der Waals surface area contributed by atoms with Crippen LogP contribution in [0.25, 0.3) is 11.3 Å². The van der Waals surface area contributed by atoms with Crippen molar-refractivity contribution in [2.75, 3.05) is 38.8 Å². The number of benzene rings is 1. The van der Waals surface area contributed by atoms with Gasteiger partial charge in [0.2, 0.25) is 11.8 Å². The summed E-state index contributed by atoms with van der Waals surface area (Å²) in [6.07, 6.45) is 3.21. The maximum Gasteiger partial charge on any atom is 0.256 e. The lowest BCUT2D eigenvalue weighted by Gasteiger charge is -2.23. The molecule has 186 valence electrons. The van der Waals surface area contributed by atoms with Crippen LogP contribution in [0, 0.1) is 11.3 Å². The second-order valence-electron chi connectivity index (χ2n) is 7.88. The summed E-state index contributed by atoms with van der Waals surface area (Å²) in [5.41, 5.74) is 2.00. The summed E-state index contributed by atoms with van der Waals surface area (Å²) < 4.78 is 16.6. The molecule has 1 saturated heterocycles. The summed E-state index contributed by atoms with van der Waals surface area (Å²) >= 11 is 0. The molecule has 3 N–H and O–H groups in total. The Morgan fingerprint density at radius 1 is 1.22 bits per heavy atom. The molecule has 0 saturated carbocycles. The number of amides is 1. The quantitative estimate of drug-likeness (QED) is 0.408. The van der Waals surface area contributed by atoms with Crippen molar-refractivity contribution in [1.82, 2.24) is 20.3 Å². The van der Waals surface area contributed by atoms with Gasteiger partial charge in [-0.15, -0.1) is 0 Å². The van der Waals surface area contributed by atoms with E-state index in [0.717, 1.165) is 18.4 Å². The number of rotatable bonds is 9. The standard InChI is InChI=1S/C25H26N6O5/c1-34-24-19(23(33)27-10-11-32)3-5-22(30-24)31-25-28-9-6-20(29-25)16-2-4-21(17(14-16)15-26)36-18-7-12-35-13-8-18/h2-6,9,14,18,32H,7-8,10-13H2,1H3,(H,27,33)(H,28,29,30,31). The fourth-order valence-electron chi connectivity index (χ4n) is 3.65. The maximum atomic E-state index is 12.2. The third-order valence-corrected chi connectivity index (χ3v) is 5.45. The highest BCUT2D eigenvalue weighted by atomic mass is 16.5. The molecular formula is C25H26N6O5. The average molecular weight is 491 g/mol. The first-order valence-electron chi connectivity index (χ1n) is 11.4. The summed E-state index contributed by atoms with van der Waals surface area (Å²) in [5.74, 6) is 0.905. The van der Waals surface area contributed by atoms with Gasteiger partial charge in [-0.1, -0.05) is 0 Å². The third-order valence-electron chi connectivity index (χ3n) is 5.45. The van der Waals surface area contributed by atoms with E-state index in [-0.39, 0.29) is 36.6 Å². The van der Waals surface area contributed by atoms with Gasteiger partial charge < -0.3 is 30.0 Å². The molecule has 4 rings (SSSR count). The van der Waals surface area contributed by atoms with Gasteiger partial charge in [0.25, 0.3) is 5.91 Å². The zero-order valence-electron chi connectivity index (χ0n) is 19.7. The van der Waals surface area contributed by atoms with Crippen molar-refractivity contribution in [3.8, 4) is 29.0 Å². The highest BCUT2D eigenvalue weighted by Gasteiger charge is 2.18. The highest BCUT2D eigenvalue weighted by Crippen LogP contribution is 2.28. The van der Waals surface area contributed by atoms with Crippen molar-refractivity contribution in [2.45, 2.75) is 18.9 Å². The van der Waals surface area contributed by atoms with Crippen LogP contribution in [0.3, 0.4) is 0 Å². The van der Waals surface area contributed by atoms with Crippen molar-refractivity contribution >= 4 is 17.7 Å². The minimum Gasteiger partial charge on any atom is -0.489 e. The lowest BCUT2D eigenvalue weighted by atomic mass is 10.1. The van der Waals surface area contributed by atoms with Crippen LogP contribution in [-0.4, -0.2) is 65.5 Å². The van der Waals surface area contributed by atoms with Crippen molar-refractivity contribution in [2.24, 2.45) is 0 Å². The number of hydrogen-bond donors (Lipinski definition) is 3. The Kier molecular flexibility index (Phi) is 8.23. The first-order chi connectivity index (χ1) is 17.6. The van der Waals surface area contributed by atoms with Gasteiger partial charge in [-0.2, -0.15) is 10.2 Å². The number of nitriles is 1. The number of ether oxygens (including phenoxy) is 3. The number of hydrogen-bond acceptors (Lipinski definition) is 10. The van der Waals surface area contributed by atoms with Crippen LogP contribution in [0.1, 0.15) is 28.8 Å².